The van der Waals surface area contributed by atoms with Gasteiger partial charge in [-0.1, -0.05) is 0 Å². The van der Waals surface area contributed by atoms with Gasteiger partial charge in [-0.3, -0.25) is 4.79 Å². The van der Waals surface area contributed by atoms with E-state index in [1.165, 1.54) is 35.5 Å². The highest BCUT2D eigenvalue weighted by atomic mass is 35.5. The first-order valence-electron chi connectivity index (χ1n) is 5.91. The van der Waals surface area contributed by atoms with Crippen LogP contribution in [0, 0.1) is 0 Å². The first-order chi connectivity index (χ1) is 9.41. The van der Waals surface area contributed by atoms with Crippen LogP contribution in [0.25, 0.3) is 0 Å². The molecule has 0 saturated carbocycles. The first-order valence-corrected chi connectivity index (χ1v) is 8.42. The Hall–Kier alpha value is -0.820. The number of hydrogen-bond donors (Lipinski definition) is 1. The Morgan fingerprint density at radius 2 is 1.65 bits per heavy atom. The molecule has 1 rings (SSSR count). The SMILES string of the molecule is CC(=O)Nc1ccc(S(=O)(=O)N(CCCl)CCCl)cc1. The summed E-state index contributed by atoms with van der Waals surface area (Å²) in [6.07, 6.45) is 0. The Morgan fingerprint density at radius 3 is 2.05 bits per heavy atom. The summed E-state index contributed by atoms with van der Waals surface area (Å²) in [6.45, 7) is 1.78. The number of sulfonamides is 1. The van der Waals surface area contributed by atoms with Gasteiger partial charge in [0.2, 0.25) is 15.9 Å². The van der Waals surface area contributed by atoms with Gasteiger partial charge in [-0.15, -0.1) is 23.2 Å². The lowest BCUT2D eigenvalue weighted by Gasteiger charge is -2.20. The molecule has 0 heterocycles. The Morgan fingerprint density at radius 1 is 1.15 bits per heavy atom. The van der Waals surface area contributed by atoms with E-state index in [-0.39, 0.29) is 35.7 Å². The maximum Gasteiger partial charge on any atom is 0.243 e. The molecule has 1 aromatic carbocycles. The monoisotopic (exact) mass is 338 g/mol. The number of hydrogen-bond acceptors (Lipinski definition) is 3. The van der Waals surface area contributed by atoms with Gasteiger partial charge in [-0.2, -0.15) is 4.31 Å². The van der Waals surface area contributed by atoms with E-state index >= 15 is 0 Å². The van der Waals surface area contributed by atoms with Crippen LogP contribution in [0.2, 0.25) is 0 Å². The third-order valence-corrected chi connectivity index (χ3v) is 4.73. The fourth-order valence-electron chi connectivity index (χ4n) is 1.60. The maximum absolute atomic E-state index is 12.4. The third kappa shape index (κ3) is 4.63. The molecule has 0 aromatic heterocycles. The lowest BCUT2D eigenvalue weighted by molar-refractivity contribution is -0.114. The minimum Gasteiger partial charge on any atom is -0.326 e. The number of carbonyl (C=O) groups excluding carboxylic acids is 1. The van der Waals surface area contributed by atoms with Crippen molar-refractivity contribution in [2.75, 3.05) is 30.2 Å². The number of benzene rings is 1. The molecular weight excluding hydrogens is 323 g/mol. The zero-order valence-electron chi connectivity index (χ0n) is 11.0. The van der Waals surface area contributed by atoms with Crippen LogP contribution in [0.1, 0.15) is 6.92 Å². The Balaban J connectivity index is 2.98. The van der Waals surface area contributed by atoms with Crippen molar-refractivity contribution in [1.82, 2.24) is 4.31 Å². The molecule has 20 heavy (non-hydrogen) atoms. The van der Waals surface area contributed by atoms with Gasteiger partial charge in [0.05, 0.1) is 4.90 Å². The molecule has 0 atom stereocenters. The highest BCUT2D eigenvalue weighted by molar-refractivity contribution is 7.89. The second-order valence-electron chi connectivity index (χ2n) is 3.99. The average Bonchev–Trinajstić information content (AvgIpc) is 2.38. The number of nitrogens with one attached hydrogen (secondary N) is 1. The normalized spacial score (nSPS) is 11.6. The summed E-state index contributed by atoms with van der Waals surface area (Å²) in [4.78, 5) is 11.0. The van der Waals surface area contributed by atoms with Crippen LogP contribution in [0.4, 0.5) is 5.69 Å². The number of anilines is 1. The number of rotatable bonds is 7. The molecule has 0 unspecified atom stereocenters. The van der Waals surface area contributed by atoms with Crippen LogP contribution in [-0.4, -0.2) is 43.5 Å². The number of amides is 1. The summed E-state index contributed by atoms with van der Waals surface area (Å²) in [6, 6.07) is 5.95. The van der Waals surface area contributed by atoms with E-state index < -0.39 is 10.0 Å². The van der Waals surface area contributed by atoms with E-state index in [0.717, 1.165) is 0 Å². The van der Waals surface area contributed by atoms with E-state index in [1.54, 1.807) is 0 Å². The summed E-state index contributed by atoms with van der Waals surface area (Å²) in [5.74, 6) is 0.173. The summed E-state index contributed by atoms with van der Waals surface area (Å²) in [5.41, 5.74) is 0.540. The van der Waals surface area contributed by atoms with Crippen LogP contribution in [0.15, 0.2) is 29.2 Å². The summed E-state index contributed by atoms with van der Waals surface area (Å²) >= 11 is 11.2. The summed E-state index contributed by atoms with van der Waals surface area (Å²) in [7, 11) is -3.62. The fraction of sp³-hybridized carbons (Fsp3) is 0.417. The molecule has 0 spiro atoms. The fourth-order valence-corrected chi connectivity index (χ4v) is 3.65. The van der Waals surface area contributed by atoms with Crippen LogP contribution < -0.4 is 5.32 Å². The molecule has 0 aliphatic rings. The van der Waals surface area contributed by atoms with Crippen molar-refractivity contribution in [3.63, 3.8) is 0 Å². The number of halogens is 2. The van der Waals surface area contributed by atoms with E-state index in [4.69, 9.17) is 23.2 Å². The molecule has 0 bridgehead atoms. The zero-order chi connectivity index (χ0) is 15.2. The lowest BCUT2D eigenvalue weighted by atomic mass is 10.3. The van der Waals surface area contributed by atoms with Crippen molar-refractivity contribution in [3.05, 3.63) is 24.3 Å². The van der Waals surface area contributed by atoms with E-state index in [2.05, 4.69) is 5.32 Å². The third-order valence-electron chi connectivity index (χ3n) is 2.48. The molecular formula is C12H16Cl2N2O3S. The van der Waals surface area contributed by atoms with Gasteiger partial charge >= 0.3 is 0 Å². The van der Waals surface area contributed by atoms with Crippen molar-refractivity contribution >= 4 is 44.8 Å². The highest BCUT2D eigenvalue weighted by Crippen LogP contribution is 2.18. The van der Waals surface area contributed by atoms with Crippen molar-refractivity contribution in [2.24, 2.45) is 0 Å². The van der Waals surface area contributed by atoms with E-state index in [9.17, 15) is 13.2 Å². The molecule has 112 valence electrons. The molecule has 5 nitrogen and oxygen atoms in total. The van der Waals surface area contributed by atoms with Gasteiger partial charge < -0.3 is 5.32 Å². The van der Waals surface area contributed by atoms with Crippen molar-refractivity contribution < 1.29 is 13.2 Å². The number of nitrogens with zero attached hydrogens (tertiary/aromatic N) is 1. The van der Waals surface area contributed by atoms with Crippen molar-refractivity contribution in [3.8, 4) is 0 Å². The van der Waals surface area contributed by atoms with Gasteiger partial charge in [0, 0.05) is 37.5 Å². The number of carbonyl (C=O) groups is 1. The largest absolute Gasteiger partial charge is 0.326 e. The molecule has 0 radical (unpaired) electrons. The highest BCUT2D eigenvalue weighted by Gasteiger charge is 2.23. The predicted molar refractivity (Wildman–Crippen MR) is 80.9 cm³/mol. The second kappa shape index (κ2) is 7.83. The van der Waals surface area contributed by atoms with E-state index in [0.29, 0.717) is 5.69 Å². The van der Waals surface area contributed by atoms with Crippen molar-refractivity contribution in [2.45, 2.75) is 11.8 Å². The average molecular weight is 339 g/mol. The number of alkyl halides is 2. The topological polar surface area (TPSA) is 66.5 Å². The van der Waals surface area contributed by atoms with Crippen molar-refractivity contribution in [1.29, 1.82) is 0 Å². The molecule has 0 fully saturated rings. The second-order valence-corrected chi connectivity index (χ2v) is 6.68. The molecule has 0 saturated heterocycles. The molecule has 8 heteroatoms. The summed E-state index contributed by atoms with van der Waals surface area (Å²) in [5, 5.41) is 2.57. The Bertz CT molecular complexity index is 540. The van der Waals surface area contributed by atoms with Crippen LogP contribution in [0.5, 0.6) is 0 Å². The van der Waals surface area contributed by atoms with Gasteiger partial charge in [0.15, 0.2) is 0 Å². The molecule has 1 aromatic rings. The Labute approximate surface area is 128 Å². The minimum absolute atomic E-state index is 0.141. The quantitative estimate of drug-likeness (QED) is 0.774. The van der Waals surface area contributed by atoms with Gasteiger partial charge in [-0.05, 0) is 24.3 Å². The predicted octanol–water partition coefficient (Wildman–Crippen LogP) is 2.11. The maximum atomic E-state index is 12.4. The van der Waals surface area contributed by atoms with Gasteiger partial charge in [-0.25, -0.2) is 8.42 Å². The smallest absolute Gasteiger partial charge is 0.243 e. The molecule has 0 aliphatic carbocycles. The molecule has 0 aliphatic heterocycles. The minimum atomic E-state index is -3.62. The zero-order valence-corrected chi connectivity index (χ0v) is 13.3. The molecule has 1 amide bonds. The van der Waals surface area contributed by atoms with E-state index in [1.807, 2.05) is 0 Å². The Kier molecular flexibility index (Phi) is 6.75. The summed E-state index contributed by atoms with van der Waals surface area (Å²) < 4.78 is 26.0. The molecule has 1 N–H and O–H groups in total. The first kappa shape index (κ1) is 17.2. The van der Waals surface area contributed by atoms with Crippen LogP contribution in [0.3, 0.4) is 0 Å². The van der Waals surface area contributed by atoms with Gasteiger partial charge in [0.25, 0.3) is 0 Å². The lowest BCUT2D eigenvalue weighted by Crippen LogP contribution is -2.34. The van der Waals surface area contributed by atoms with Crippen LogP contribution >= 0.6 is 23.2 Å². The standard InChI is InChI=1S/C12H16Cl2N2O3S/c1-10(17)15-11-2-4-12(5-3-11)20(18,19)16(8-6-13)9-7-14/h2-5H,6-9H2,1H3,(H,15,17). The van der Waals surface area contributed by atoms with Gasteiger partial charge in [0.1, 0.15) is 0 Å². The van der Waals surface area contributed by atoms with Crippen LogP contribution in [-0.2, 0) is 14.8 Å².